The molecule has 1 N–H and O–H groups in total. The molecule has 3 heteroatoms. The Balaban J connectivity index is 2.06. The Labute approximate surface area is 110 Å². The summed E-state index contributed by atoms with van der Waals surface area (Å²) in [5.74, 6) is 0.263. The molecule has 2 rings (SSSR count). The fourth-order valence-electron chi connectivity index (χ4n) is 2.72. The molecule has 0 radical (unpaired) electrons. The summed E-state index contributed by atoms with van der Waals surface area (Å²) in [7, 11) is 1.88. The predicted molar refractivity (Wildman–Crippen MR) is 74.3 cm³/mol. The summed E-state index contributed by atoms with van der Waals surface area (Å²) in [6, 6.07) is 0.00516. The third kappa shape index (κ3) is 2.66. The molecule has 0 aromatic carbocycles. The van der Waals surface area contributed by atoms with Crippen LogP contribution in [-0.2, 0) is 4.79 Å². The molecule has 0 bridgehead atoms. The van der Waals surface area contributed by atoms with Crippen LogP contribution in [0.5, 0.6) is 0 Å². The van der Waals surface area contributed by atoms with Crippen molar-refractivity contribution in [2.24, 2.45) is 5.41 Å². The third-order valence-corrected chi connectivity index (χ3v) is 4.13. The highest BCUT2D eigenvalue weighted by atomic mass is 16.2. The van der Waals surface area contributed by atoms with Crippen LogP contribution in [0.4, 0.5) is 0 Å². The van der Waals surface area contributed by atoms with E-state index in [1.165, 1.54) is 5.57 Å². The van der Waals surface area contributed by atoms with Crippen molar-refractivity contribution in [2.45, 2.75) is 39.2 Å². The van der Waals surface area contributed by atoms with Crippen LogP contribution < -0.4 is 5.32 Å². The molecule has 18 heavy (non-hydrogen) atoms. The van der Waals surface area contributed by atoms with Gasteiger partial charge in [-0.2, -0.15) is 0 Å². The molecule has 1 fully saturated rings. The molecule has 0 aromatic rings. The van der Waals surface area contributed by atoms with Gasteiger partial charge in [-0.3, -0.25) is 4.79 Å². The predicted octanol–water partition coefficient (Wildman–Crippen LogP) is 2.11. The second kappa shape index (κ2) is 5.27. The Morgan fingerprint density at radius 1 is 1.44 bits per heavy atom. The standard InChI is InChI=1S/C15H24N2O/c1-15(2)9-6-7-12(15)11-17-10-5-4-8-13(16-3)14(17)18/h6-7,9,13,16H,4-5,8,10-11H2,1-3H3. The van der Waals surface area contributed by atoms with Gasteiger partial charge in [0.1, 0.15) is 0 Å². The summed E-state index contributed by atoms with van der Waals surface area (Å²) < 4.78 is 0. The molecule has 1 aliphatic carbocycles. The fourth-order valence-corrected chi connectivity index (χ4v) is 2.72. The number of carbonyl (C=O) groups is 1. The van der Waals surface area contributed by atoms with Crippen molar-refractivity contribution >= 4 is 5.91 Å². The lowest BCUT2D eigenvalue weighted by molar-refractivity contribution is -0.132. The van der Waals surface area contributed by atoms with E-state index in [4.69, 9.17) is 0 Å². The number of hydrogen-bond donors (Lipinski definition) is 1. The second-order valence-electron chi connectivity index (χ2n) is 5.87. The number of amides is 1. The van der Waals surface area contributed by atoms with E-state index in [-0.39, 0.29) is 17.4 Å². The van der Waals surface area contributed by atoms with E-state index in [2.05, 4.69) is 37.4 Å². The maximum Gasteiger partial charge on any atom is 0.239 e. The first-order chi connectivity index (χ1) is 8.54. The summed E-state index contributed by atoms with van der Waals surface area (Å²) in [6.45, 7) is 6.09. The fraction of sp³-hybridized carbons (Fsp3) is 0.667. The number of nitrogens with zero attached hydrogens (tertiary/aromatic N) is 1. The number of carbonyl (C=O) groups excluding carboxylic acids is 1. The molecule has 1 unspecified atom stereocenters. The molecular formula is C15H24N2O. The molecule has 2 aliphatic rings. The number of likely N-dealkylation sites (N-methyl/N-ethyl adjacent to an activating group) is 1. The number of rotatable bonds is 3. The molecular weight excluding hydrogens is 224 g/mol. The first kappa shape index (κ1) is 13.3. The largest absolute Gasteiger partial charge is 0.337 e. The summed E-state index contributed by atoms with van der Waals surface area (Å²) in [5, 5.41) is 3.14. The second-order valence-corrected chi connectivity index (χ2v) is 5.87. The van der Waals surface area contributed by atoms with Crippen LogP contribution in [0.3, 0.4) is 0 Å². The normalized spacial score (nSPS) is 27.3. The monoisotopic (exact) mass is 248 g/mol. The molecule has 1 heterocycles. The smallest absolute Gasteiger partial charge is 0.239 e. The van der Waals surface area contributed by atoms with Gasteiger partial charge < -0.3 is 10.2 Å². The zero-order chi connectivity index (χ0) is 13.2. The Hall–Kier alpha value is -1.09. The minimum Gasteiger partial charge on any atom is -0.337 e. The molecule has 3 nitrogen and oxygen atoms in total. The molecule has 1 saturated heterocycles. The lowest BCUT2D eigenvalue weighted by Gasteiger charge is -2.29. The average Bonchev–Trinajstić information content (AvgIpc) is 2.55. The van der Waals surface area contributed by atoms with Gasteiger partial charge in [0.15, 0.2) is 0 Å². The SMILES string of the molecule is CNC1CCCCN(CC2=CC=CC2(C)C)C1=O. The lowest BCUT2D eigenvalue weighted by atomic mass is 9.87. The molecule has 0 aromatic heterocycles. The molecule has 1 atom stereocenters. The van der Waals surface area contributed by atoms with Crippen molar-refractivity contribution < 1.29 is 4.79 Å². The topological polar surface area (TPSA) is 32.3 Å². The molecule has 100 valence electrons. The minimum atomic E-state index is 0.00516. The van der Waals surface area contributed by atoms with Crippen LogP contribution in [0, 0.1) is 5.41 Å². The number of likely N-dealkylation sites (tertiary alicyclic amines) is 1. The van der Waals surface area contributed by atoms with Crippen molar-refractivity contribution in [1.82, 2.24) is 10.2 Å². The highest BCUT2D eigenvalue weighted by Crippen LogP contribution is 2.33. The maximum atomic E-state index is 12.4. The van der Waals surface area contributed by atoms with E-state index in [1.807, 2.05) is 11.9 Å². The van der Waals surface area contributed by atoms with Crippen molar-refractivity contribution in [1.29, 1.82) is 0 Å². The maximum absolute atomic E-state index is 12.4. The van der Waals surface area contributed by atoms with Gasteiger partial charge in [-0.25, -0.2) is 0 Å². The van der Waals surface area contributed by atoms with Crippen LogP contribution in [0.25, 0.3) is 0 Å². The number of hydrogen-bond acceptors (Lipinski definition) is 2. The quantitative estimate of drug-likeness (QED) is 0.829. The number of nitrogens with one attached hydrogen (secondary N) is 1. The Kier molecular flexibility index (Phi) is 3.91. The summed E-state index contributed by atoms with van der Waals surface area (Å²) in [6.07, 6.45) is 9.69. The van der Waals surface area contributed by atoms with Crippen molar-refractivity contribution in [3.63, 3.8) is 0 Å². The average molecular weight is 248 g/mol. The van der Waals surface area contributed by atoms with Crippen molar-refractivity contribution in [3.8, 4) is 0 Å². The van der Waals surface area contributed by atoms with Crippen LogP contribution in [0.2, 0.25) is 0 Å². The van der Waals surface area contributed by atoms with E-state index < -0.39 is 0 Å². The first-order valence-electron chi connectivity index (χ1n) is 6.89. The Bertz CT molecular complexity index is 382. The zero-order valence-electron chi connectivity index (χ0n) is 11.7. The summed E-state index contributed by atoms with van der Waals surface area (Å²) in [4.78, 5) is 14.4. The van der Waals surface area contributed by atoms with Crippen LogP contribution in [0.1, 0.15) is 33.1 Å². The molecule has 0 spiro atoms. The highest BCUT2D eigenvalue weighted by Gasteiger charge is 2.30. The lowest BCUT2D eigenvalue weighted by Crippen LogP contribution is -2.45. The van der Waals surface area contributed by atoms with E-state index in [9.17, 15) is 4.79 Å². The Morgan fingerprint density at radius 2 is 2.22 bits per heavy atom. The van der Waals surface area contributed by atoms with Gasteiger partial charge in [0.05, 0.1) is 6.04 Å². The summed E-state index contributed by atoms with van der Waals surface area (Å²) >= 11 is 0. The van der Waals surface area contributed by atoms with E-state index in [0.717, 1.165) is 32.4 Å². The third-order valence-electron chi connectivity index (χ3n) is 4.13. The van der Waals surface area contributed by atoms with Crippen LogP contribution in [0.15, 0.2) is 23.8 Å². The van der Waals surface area contributed by atoms with Crippen LogP contribution >= 0.6 is 0 Å². The van der Waals surface area contributed by atoms with Gasteiger partial charge >= 0.3 is 0 Å². The van der Waals surface area contributed by atoms with E-state index in [0.29, 0.717) is 0 Å². The van der Waals surface area contributed by atoms with Gasteiger partial charge in [0.2, 0.25) is 5.91 Å². The van der Waals surface area contributed by atoms with Gasteiger partial charge in [-0.15, -0.1) is 0 Å². The van der Waals surface area contributed by atoms with E-state index >= 15 is 0 Å². The molecule has 1 aliphatic heterocycles. The van der Waals surface area contributed by atoms with Crippen LogP contribution in [-0.4, -0.2) is 37.0 Å². The minimum absolute atomic E-state index is 0.00516. The van der Waals surface area contributed by atoms with Crippen molar-refractivity contribution in [3.05, 3.63) is 23.8 Å². The molecule has 1 amide bonds. The first-order valence-corrected chi connectivity index (χ1v) is 6.89. The number of allylic oxidation sites excluding steroid dienone is 3. The van der Waals surface area contributed by atoms with Gasteiger partial charge in [0, 0.05) is 18.5 Å². The Morgan fingerprint density at radius 3 is 2.83 bits per heavy atom. The summed E-state index contributed by atoms with van der Waals surface area (Å²) in [5.41, 5.74) is 1.44. The highest BCUT2D eigenvalue weighted by molar-refractivity contribution is 5.82. The van der Waals surface area contributed by atoms with Gasteiger partial charge in [-0.1, -0.05) is 32.1 Å². The van der Waals surface area contributed by atoms with E-state index in [1.54, 1.807) is 0 Å². The van der Waals surface area contributed by atoms with Gasteiger partial charge in [-0.05, 0) is 31.9 Å². The molecule has 0 saturated carbocycles. The van der Waals surface area contributed by atoms with Crippen molar-refractivity contribution in [2.75, 3.05) is 20.1 Å². The zero-order valence-corrected chi connectivity index (χ0v) is 11.7. The van der Waals surface area contributed by atoms with Gasteiger partial charge in [0.25, 0.3) is 0 Å².